The zero-order chi connectivity index (χ0) is 12.2. The van der Waals surface area contributed by atoms with E-state index in [4.69, 9.17) is 5.73 Å². The third-order valence-electron chi connectivity index (χ3n) is 3.67. The molecule has 0 spiro atoms. The Bertz CT molecular complexity index is 331. The lowest BCUT2D eigenvalue weighted by molar-refractivity contribution is 0.153. The van der Waals surface area contributed by atoms with Gasteiger partial charge in [0.25, 0.3) is 0 Å². The van der Waals surface area contributed by atoms with Crippen LogP contribution in [0, 0.1) is 0 Å². The van der Waals surface area contributed by atoms with Crippen molar-refractivity contribution in [3.05, 3.63) is 29.8 Å². The van der Waals surface area contributed by atoms with Crippen LogP contribution in [0.15, 0.2) is 24.3 Å². The average Bonchev–Trinajstić information content (AvgIpc) is 2.27. The van der Waals surface area contributed by atoms with E-state index in [9.17, 15) is 0 Å². The predicted octanol–water partition coefficient (Wildman–Crippen LogP) is 2.93. The van der Waals surface area contributed by atoms with Gasteiger partial charge in [0.1, 0.15) is 0 Å². The van der Waals surface area contributed by atoms with E-state index in [1.807, 2.05) is 12.1 Å². The number of likely N-dealkylation sites (N-methyl/N-ethyl adjacent to an activating group) is 1. The summed E-state index contributed by atoms with van der Waals surface area (Å²) in [7, 11) is 2.18. The molecule has 0 bridgehead atoms. The Morgan fingerprint density at radius 2 is 1.88 bits per heavy atom. The molecule has 2 N–H and O–H groups in total. The summed E-state index contributed by atoms with van der Waals surface area (Å²) in [5.74, 6) is 0. The maximum absolute atomic E-state index is 5.93. The SMILES string of the molecule is CCC(C)(C)N(C)CCc1ccccc1N. The molecule has 1 aromatic carbocycles. The second kappa shape index (κ2) is 5.35. The number of nitrogens with zero attached hydrogens (tertiary/aromatic N) is 1. The van der Waals surface area contributed by atoms with Gasteiger partial charge < -0.3 is 10.6 Å². The summed E-state index contributed by atoms with van der Waals surface area (Å²) in [6, 6.07) is 8.12. The minimum absolute atomic E-state index is 0.267. The van der Waals surface area contributed by atoms with Crippen LogP contribution in [0.1, 0.15) is 32.8 Å². The Hall–Kier alpha value is -1.02. The van der Waals surface area contributed by atoms with E-state index >= 15 is 0 Å². The molecule has 0 radical (unpaired) electrons. The minimum Gasteiger partial charge on any atom is -0.399 e. The number of nitrogen functional groups attached to an aromatic ring is 1. The van der Waals surface area contributed by atoms with Crippen molar-refractivity contribution < 1.29 is 0 Å². The van der Waals surface area contributed by atoms with Crippen LogP contribution in [0.3, 0.4) is 0 Å². The molecule has 1 rings (SSSR count). The highest BCUT2D eigenvalue weighted by molar-refractivity contribution is 5.46. The van der Waals surface area contributed by atoms with Crippen molar-refractivity contribution in [3.63, 3.8) is 0 Å². The van der Waals surface area contributed by atoms with Crippen molar-refractivity contribution in [1.82, 2.24) is 4.90 Å². The third kappa shape index (κ3) is 3.24. The van der Waals surface area contributed by atoms with Crippen LogP contribution in [-0.2, 0) is 6.42 Å². The van der Waals surface area contributed by atoms with Crippen LogP contribution in [0.2, 0.25) is 0 Å². The summed E-state index contributed by atoms with van der Waals surface area (Å²) >= 11 is 0. The van der Waals surface area contributed by atoms with Gasteiger partial charge in [-0.05, 0) is 45.4 Å². The molecule has 90 valence electrons. The Morgan fingerprint density at radius 3 is 2.44 bits per heavy atom. The summed E-state index contributed by atoms with van der Waals surface area (Å²) in [6.07, 6.45) is 2.18. The largest absolute Gasteiger partial charge is 0.399 e. The summed E-state index contributed by atoms with van der Waals surface area (Å²) in [5, 5.41) is 0. The molecule has 0 aliphatic heterocycles. The third-order valence-corrected chi connectivity index (χ3v) is 3.67. The fraction of sp³-hybridized carbons (Fsp3) is 0.571. The lowest BCUT2D eigenvalue weighted by atomic mass is 9.99. The van der Waals surface area contributed by atoms with Crippen molar-refractivity contribution in [2.24, 2.45) is 0 Å². The second-order valence-electron chi connectivity index (χ2n) is 5.04. The van der Waals surface area contributed by atoms with Crippen LogP contribution in [0.25, 0.3) is 0 Å². The van der Waals surface area contributed by atoms with Gasteiger partial charge in [0.15, 0.2) is 0 Å². The van der Waals surface area contributed by atoms with E-state index in [1.54, 1.807) is 0 Å². The van der Waals surface area contributed by atoms with Crippen molar-refractivity contribution in [1.29, 1.82) is 0 Å². The maximum Gasteiger partial charge on any atom is 0.0347 e. The molecule has 0 amide bonds. The number of benzene rings is 1. The quantitative estimate of drug-likeness (QED) is 0.773. The monoisotopic (exact) mass is 220 g/mol. The molecule has 0 aliphatic rings. The van der Waals surface area contributed by atoms with E-state index in [1.165, 1.54) is 5.56 Å². The van der Waals surface area contributed by atoms with E-state index < -0.39 is 0 Å². The van der Waals surface area contributed by atoms with Gasteiger partial charge in [-0.1, -0.05) is 25.1 Å². The highest BCUT2D eigenvalue weighted by atomic mass is 15.2. The van der Waals surface area contributed by atoms with Gasteiger partial charge >= 0.3 is 0 Å². The number of rotatable bonds is 5. The molecule has 2 heteroatoms. The predicted molar refractivity (Wildman–Crippen MR) is 71.6 cm³/mol. The van der Waals surface area contributed by atoms with Gasteiger partial charge in [0.2, 0.25) is 0 Å². The molecule has 1 aromatic rings. The normalized spacial score (nSPS) is 12.1. The van der Waals surface area contributed by atoms with Gasteiger partial charge in [-0.25, -0.2) is 0 Å². The zero-order valence-corrected chi connectivity index (χ0v) is 11.0. The Balaban J connectivity index is 2.56. The molecular weight excluding hydrogens is 196 g/mol. The van der Waals surface area contributed by atoms with Gasteiger partial charge in [0, 0.05) is 17.8 Å². The van der Waals surface area contributed by atoms with Crippen molar-refractivity contribution in [2.45, 2.75) is 39.2 Å². The number of hydrogen-bond acceptors (Lipinski definition) is 2. The molecule has 0 saturated carbocycles. The lowest BCUT2D eigenvalue weighted by Gasteiger charge is -2.34. The first-order valence-corrected chi connectivity index (χ1v) is 6.02. The van der Waals surface area contributed by atoms with Crippen LogP contribution in [-0.4, -0.2) is 24.0 Å². The van der Waals surface area contributed by atoms with E-state index in [0.717, 1.165) is 25.1 Å². The first-order valence-electron chi connectivity index (χ1n) is 6.02. The molecule has 0 aromatic heterocycles. The van der Waals surface area contributed by atoms with Crippen LogP contribution in [0.5, 0.6) is 0 Å². The van der Waals surface area contributed by atoms with Crippen LogP contribution in [0.4, 0.5) is 5.69 Å². The number of hydrogen-bond donors (Lipinski definition) is 1. The van der Waals surface area contributed by atoms with Gasteiger partial charge in [0.05, 0.1) is 0 Å². The summed E-state index contributed by atoms with van der Waals surface area (Å²) in [5.41, 5.74) is 8.36. The Labute approximate surface area is 99.5 Å². The average molecular weight is 220 g/mol. The first-order chi connectivity index (χ1) is 7.47. The molecular formula is C14H24N2. The zero-order valence-electron chi connectivity index (χ0n) is 11.0. The number of nitrogens with two attached hydrogens (primary N) is 1. The molecule has 2 nitrogen and oxygen atoms in total. The second-order valence-corrected chi connectivity index (χ2v) is 5.04. The van der Waals surface area contributed by atoms with E-state index in [0.29, 0.717) is 0 Å². The van der Waals surface area contributed by atoms with Gasteiger partial charge in [-0.3, -0.25) is 0 Å². The lowest BCUT2D eigenvalue weighted by Crippen LogP contribution is -2.41. The minimum atomic E-state index is 0.267. The first kappa shape index (κ1) is 13.0. The smallest absolute Gasteiger partial charge is 0.0347 e. The fourth-order valence-corrected chi connectivity index (χ4v) is 1.62. The maximum atomic E-state index is 5.93. The van der Waals surface area contributed by atoms with E-state index in [2.05, 4.69) is 44.9 Å². The highest BCUT2D eigenvalue weighted by Crippen LogP contribution is 2.18. The van der Waals surface area contributed by atoms with E-state index in [-0.39, 0.29) is 5.54 Å². The van der Waals surface area contributed by atoms with Gasteiger partial charge in [-0.15, -0.1) is 0 Å². The van der Waals surface area contributed by atoms with Crippen LogP contribution < -0.4 is 5.73 Å². The standard InChI is InChI=1S/C14H24N2/c1-5-14(2,3)16(4)11-10-12-8-6-7-9-13(12)15/h6-9H,5,10-11,15H2,1-4H3. The van der Waals surface area contributed by atoms with Crippen molar-refractivity contribution in [3.8, 4) is 0 Å². The molecule has 0 unspecified atom stereocenters. The van der Waals surface area contributed by atoms with Gasteiger partial charge in [-0.2, -0.15) is 0 Å². The number of anilines is 1. The molecule has 0 aliphatic carbocycles. The summed E-state index contributed by atoms with van der Waals surface area (Å²) < 4.78 is 0. The Morgan fingerprint density at radius 1 is 1.25 bits per heavy atom. The highest BCUT2D eigenvalue weighted by Gasteiger charge is 2.20. The molecule has 0 saturated heterocycles. The van der Waals surface area contributed by atoms with Crippen molar-refractivity contribution in [2.75, 3.05) is 19.3 Å². The molecule has 0 fully saturated rings. The topological polar surface area (TPSA) is 29.3 Å². The molecule has 0 heterocycles. The van der Waals surface area contributed by atoms with Crippen molar-refractivity contribution >= 4 is 5.69 Å². The fourth-order valence-electron chi connectivity index (χ4n) is 1.62. The summed E-state index contributed by atoms with van der Waals surface area (Å²) in [4.78, 5) is 2.40. The number of para-hydroxylation sites is 1. The van der Waals surface area contributed by atoms with Crippen LogP contribution >= 0.6 is 0 Å². The molecule has 16 heavy (non-hydrogen) atoms. The summed E-state index contributed by atoms with van der Waals surface area (Å²) in [6.45, 7) is 7.84. The molecule has 0 atom stereocenters. The Kier molecular flexibility index (Phi) is 4.36.